The zero-order valence-electron chi connectivity index (χ0n) is 17.3. The molecule has 186 valence electrons. The molecule has 0 bridgehead atoms. The summed E-state index contributed by atoms with van der Waals surface area (Å²) < 4.78 is 94.7. The Labute approximate surface area is 213 Å². The molecule has 14 heteroatoms. The van der Waals surface area contributed by atoms with Crippen LogP contribution in [0.4, 0.5) is 13.2 Å². The van der Waals surface area contributed by atoms with Crippen molar-refractivity contribution in [2.24, 2.45) is 0 Å². The van der Waals surface area contributed by atoms with Crippen LogP contribution in [0.5, 0.6) is 0 Å². The van der Waals surface area contributed by atoms with Crippen LogP contribution >= 0.6 is 34.2 Å². The van der Waals surface area contributed by atoms with Gasteiger partial charge in [0.25, 0.3) is 0 Å². The Bertz CT molecular complexity index is 1270. The Morgan fingerprint density at radius 1 is 1.09 bits per heavy atom. The first-order valence-electron chi connectivity index (χ1n) is 9.80. The van der Waals surface area contributed by atoms with Crippen molar-refractivity contribution in [1.82, 2.24) is 9.62 Å². The van der Waals surface area contributed by atoms with Gasteiger partial charge in [-0.1, -0.05) is 40.8 Å². The summed E-state index contributed by atoms with van der Waals surface area (Å²) >= 11 is 7.50. The molecule has 1 amide bonds. The molecule has 0 saturated carbocycles. The molecule has 1 fully saturated rings. The molecule has 0 radical (unpaired) electrons. The molecular formula is C20H19ClF3IN2O5S2. The summed E-state index contributed by atoms with van der Waals surface area (Å²) in [6.07, 6.45) is -4.74. The van der Waals surface area contributed by atoms with E-state index in [2.05, 4.69) is 4.72 Å². The van der Waals surface area contributed by atoms with Crippen LogP contribution in [-0.2, 0) is 30.8 Å². The highest BCUT2D eigenvalue weighted by Gasteiger charge is 2.40. The van der Waals surface area contributed by atoms with Crippen LogP contribution in [0.2, 0.25) is 0 Å². The van der Waals surface area contributed by atoms with Gasteiger partial charge in [0.15, 0.2) is 0 Å². The molecule has 1 N–H and O–H groups in total. The number of rotatable bonds is 6. The number of piperidine rings is 1. The van der Waals surface area contributed by atoms with Gasteiger partial charge in [0, 0.05) is 12.6 Å². The summed E-state index contributed by atoms with van der Waals surface area (Å²) in [4.78, 5) is 11.4. The topological polar surface area (TPSA) is 101 Å². The lowest BCUT2D eigenvalue weighted by molar-refractivity contribution is -0.140. The van der Waals surface area contributed by atoms with Crippen molar-refractivity contribution in [3.05, 3.63) is 54.1 Å². The largest absolute Gasteiger partial charge is 0.417 e. The fraction of sp³-hybridized carbons (Fsp3) is 0.350. The maximum atomic E-state index is 13.7. The SMILES string of the molecule is O=C(CCl)N1CCC(NS(=O)(=O)c2cc(S(=O)(=O)c3ccccc3)ccc2C(F)(F)F)CC1I. The van der Waals surface area contributed by atoms with Gasteiger partial charge in [-0.2, -0.15) is 13.2 Å². The Morgan fingerprint density at radius 3 is 2.29 bits per heavy atom. The highest BCUT2D eigenvalue weighted by molar-refractivity contribution is 14.1. The van der Waals surface area contributed by atoms with Crippen LogP contribution in [-0.4, -0.2) is 50.2 Å². The van der Waals surface area contributed by atoms with Crippen molar-refractivity contribution in [1.29, 1.82) is 0 Å². The summed E-state index contributed by atoms with van der Waals surface area (Å²) in [5.41, 5.74) is -1.48. The zero-order chi connectivity index (χ0) is 25.3. The minimum Gasteiger partial charge on any atom is -0.330 e. The fourth-order valence-electron chi connectivity index (χ4n) is 3.52. The molecule has 2 aromatic rings. The molecule has 3 rings (SSSR count). The number of alkyl halides is 5. The van der Waals surface area contributed by atoms with Gasteiger partial charge in [-0.15, -0.1) is 11.6 Å². The molecule has 0 spiro atoms. The molecule has 34 heavy (non-hydrogen) atoms. The number of carbonyl (C=O) groups excluding carboxylic acids is 1. The number of nitrogens with zero attached hydrogens (tertiary/aromatic N) is 1. The first-order chi connectivity index (χ1) is 15.8. The monoisotopic (exact) mass is 650 g/mol. The predicted molar refractivity (Wildman–Crippen MR) is 127 cm³/mol. The maximum Gasteiger partial charge on any atom is 0.417 e. The molecule has 2 atom stereocenters. The summed E-state index contributed by atoms with van der Waals surface area (Å²) in [5, 5.41) is 0. The minimum absolute atomic E-state index is 0.145. The Hall–Kier alpha value is -1.42. The minimum atomic E-state index is -5.04. The molecule has 2 unspecified atom stereocenters. The molecule has 1 aliphatic rings. The van der Waals surface area contributed by atoms with Gasteiger partial charge in [-0.3, -0.25) is 4.79 Å². The van der Waals surface area contributed by atoms with Crippen molar-refractivity contribution < 1.29 is 34.8 Å². The summed E-state index contributed by atoms with van der Waals surface area (Å²) in [5.74, 6) is -0.575. The third-order valence-electron chi connectivity index (χ3n) is 5.20. The normalized spacial score (nSPS) is 19.7. The first kappa shape index (κ1) is 27.2. The van der Waals surface area contributed by atoms with E-state index in [-0.39, 0.29) is 36.1 Å². The van der Waals surface area contributed by atoms with E-state index >= 15 is 0 Å². The van der Waals surface area contributed by atoms with Crippen molar-refractivity contribution in [2.75, 3.05) is 12.4 Å². The van der Waals surface area contributed by atoms with Gasteiger partial charge < -0.3 is 4.90 Å². The van der Waals surface area contributed by atoms with Crippen molar-refractivity contribution >= 4 is 60.0 Å². The average Bonchev–Trinajstić information content (AvgIpc) is 2.78. The van der Waals surface area contributed by atoms with Gasteiger partial charge in [0.1, 0.15) is 5.88 Å². The molecule has 1 saturated heterocycles. The quantitative estimate of drug-likeness (QED) is 0.291. The number of likely N-dealkylation sites (tertiary alicyclic amines) is 1. The van der Waals surface area contributed by atoms with E-state index in [9.17, 15) is 34.8 Å². The lowest BCUT2D eigenvalue weighted by Crippen LogP contribution is -2.50. The van der Waals surface area contributed by atoms with Crippen molar-refractivity contribution in [2.45, 2.75) is 43.8 Å². The van der Waals surface area contributed by atoms with E-state index in [1.54, 1.807) is 6.07 Å². The van der Waals surface area contributed by atoms with Gasteiger partial charge in [-0.25, -0.2) is 21.6 Å². The van der Waals surface area contributed by atoms with Crippen LogP contribution in [0.3, 0.4) is 0 Å². The Morgan fingerprint density at radius 2 is 1.74 bits per heavy atom. The molecule has 0 aliphatic carbocycles. The van der Waals surface area contributed by atoms with E-state index in [4.69, 9.17) is 11.6 Å². The second-order valence-electron chi connectivity index (χ2n) is 7.47. The van der Waals surface area contributed by atoms with Crippen LogP contribution in [0, 0.1) is 0 Å². The number of sulfonamides is 1. The van der Waals surface area contributed by atoms with Crippen LogP contribution < -0.4 is 4.72 Å². The lowest BCUT2D eigenvalue weighted by atomic mass is 10.1. The number of sulfone groups is 1. The predicted octanol–water partition coefficient (Wildman–Crippen LogP) is 3.81. The number of nitrogens with one attached hydrogen (secondary N) is 1. The van der Waals surface area contributed by atoms with E-state index in [0.29, 0.717) is 12.1 Å². The number of halogens is 5. The summed E-state index contributed by atoms with van der Waals surface area (Å²) in [7, 11) is -9.04. The Kier molecular flexibility index (Phi) is 8.22. The number of amides is 1. The summed E-state index contributed by atoms with van der Waals surface area (Å²) in [6.45, 7) is 0.168. The first-order valence-corrected chi connectivity index (χ1v) is 14.5. The Balaban J connectivity index is 1.98. The molecule has 7 nitrogen and oxygen atoms in total. The fourth-order valence-corrected chi connectivity index (χ4v) is 7.80. The van der Waals surface area contributed by atoms with Gasteiger partial charge in [0.05, 0.1) is 24.3 Å². The van der Waals surface area contributed by atoms with Gasteiger partial charge in [-0.05, 0) is 43.2 Å². The smallest absolute Gasteiger partial charge is 0.330 e. The van der Waals surface area contributed by atoms with Crippen LogP contribution in [0.15, 0.2) is 63.2 Å². The number of hydrogen-bond acceptors (Lipinski definition) is 5. The standard InChI is InChI=1S/C20H19ClF3IN2O5S2/c21-12-19(28)27-9-8-13(10-18(27)25)26-34(31,32)17-11-15(6-7-16(17)20(22,23)24)33(29,30)14-4-2-1-3-5-14/h1-7,11,13,18,26H,8-10,12H2. The highest BCUT2D eigenvalue weighted by atomic mass is 127. The molecule has 2 aromatic carbocycles. The molecule has 1 aliphatic heterocycles. The van der Waals surface area contributed by atoms with Crippen molar-refractivity contribution in [3.63, 3.8) is 0 Å². The zero-order valence-corrected chi connectivity index (χ0v) is 21.8. The van der Waals surface area contributed by atoms with Gasteiger partial charge >= 0.3 is 6.18 Å². The molecule has 1 heterocycles. The number of hydrogen-bond donors (Lipinski definition) is 1. The number of benzene rings is 2. The van der Waals surface area contributed by atoms with E-state index in [1.165, 1.54) is 29.2 Å². The van der Waals surface area contributed by atoms with Crippen LogP contribution in [0.1, 0.15) is 18.4 Å². The maximum absolute atomic E-state index is 13.7. The second kappa shape index (κ2) is 10.3. The second-order valence-corrected chi connectivity index (χ2v) is 12.8. The number of carbonyl (C=O) groups is 1. The van der Waals surface area contributed by atoms with Gasteiger partial charge in [0.2, 0.25) is 25.8 Å². The van der Waals surface area contributed by atoms with Crippen LogP contribution in [0.25, 0.3) is 0 Å². The lowest BCUT2D eigenvalue weighted by Gasteiger charge is -2.36. The highest BCUT2D eigenvalue weighted by Crippen LogP contribution is 2.37. The van der Waals surface area contributed by atoms with Crippen molar-refractivity contribution in [3.8, 4) is 0 Å². The molecular weight excluding hydrogens is 632 g/mol. The molecule has 0 aromatic heterocycles. The van der Waals surface area contributed by atoms with E-state index < -0.39 is 51.5 Å². The third-order valence-corrected chi connectivity index (χ3v) is 9.94. The average molecular weight is 651 g/mol. The summed E-state index contributed by atoms with van der Waals surface area (Å²) in [6, 6.07) is 7.93. The van der Waals surface area contributed by atoms with E-state index in [0.717, 1.165) is 6.07 Å². The third kappa shape index (κ3) is 5.86. The van der Waals surface area contributed by atoms with E-state index in [1.807, 2.05) is 22.6 Å².